The van der Waals surface area contributed by atoms with Crippen molar-refractivity contribution in [2.24, 2.45) is 0 Å². The third-order valence-corrected chi connectivity index (χ3v) is 6.50. The molecule has 0 aliphatic heterocycles. The topological polar surface area (TPSA) is 127 Å². The maximum atomic E-state index is 12.4. The van der Waals surface area contributed by atoms with Crippen molar-refractivity contribution in [1.82, 2.24) is 0 Å². The molecule has 0 fully saturated rings. The molecule has 0 aromatic heterocycles. The van der Waals surface area contributed by atoms with Crippen LogP contribution in [0.5, 0.6) is 5.75 Å². The van der Waals surface area contributed by atoms with Gasteiger partial charge in [0.05, 0.1) is 38.6 Å². The number of ether oxygens (including phenoxy) is 1. The number of esters is 1. The average molecular weight is 533 g/mol. The van der Waals surface area contributed by atoms with Crippen LogP contribution in [0.15, 0.2) is 18.2 Å². The van der Waals surface area contributed by atoms with E-state index in [1.165, 1.54) is 18.2 Å². The van der Waals surface area contributed by atoms with Crippen molar-refractivity contribution >= 4 is 32.0 Å². The Kier molecular flexibility index (Phi) is 14.7. The van der Waals surface area contributed by atoms with Gasteiger partial charge in [-0.3, -0.25) is 18.1 Å². The van der Waals surface area contributed by atoms with Crippen molar-refractivity contribution in [1.29, 1.82) is 0 Å². The maximum Gasteiger partial charge on any atom is 0.530 e. The first-order valence-electron chi connectivity index (χ1n) is 10.4. The van der Waals surface area contributed by atoms with Crippen molar-refractivity contribution in [3.8, 4) is 5.75 Å². The van der Waals surface area contributed by atoms with Gasteiger partial charge < -0.3 is 14.4 Å². The molecule has 0 bridgehead atoms. The third-order valence-electron chi connectivity index (χ3n) is 3.22. The number of carbonyl (C=O) groups excluding carboxylic acids is 1. The smallest absolute Gasteiger partial charge is 0.456 e. The summed E-state index contributed by atoms with van der Waals surface area (Å²) in [7, 11) is -3.78. The summed E-state index contributed by atoms with van der Waals surface area (Å²) in [5.41, 5.74) is -0.104. The number of hydrogen-bond donors (Lipinski definition) is 1. The Bertz CT molecular complexity index is 806. The standard InChI is InChI=1S/C16H25O7P.C4H10ClO3P/c1-6-20-24(19,21-7-2)23-14-9-8-12(10-13(14)11-17)15(18)22-16(3,4)5;1-3-7-9(5,6)8-4-2/h8-10,17H,6-7,11H2,1-5H3;3-4H2,1-2H3. The Balaban J connectivity index is 0.000000960. The second kappa shape index (κ2) is 15.1. The van der Waals surface area contributed by atoms with Crippen LogP contribution in [0.1, 0.15) is 64.4 Å². The molecule has 1 N–H and O–H groups in total. The predicted molar refractivity (Wildman–Crippen MR) is 126 cm³/mol. The number of carbonyl (C=O) groups is 1. The molecule has 0 aliphatic rings. The number of halogens is 1. The minimum absolute atomic E-state index is 0.120. The lowest BCUT2D eigenvalue weighted by atomic mass is 10.1. The predicted octanol–water partition coefficient (Wildman–Crippen LogP) is 6.10. The molecule has 13 heteroatoms. The molecular formula is C20H35ClO10P2. The van der Waals surface area contributed by atoms with E-state index >= 15 is 0 Å². The van der Waals surface area contributed by atoms with E-state index in [1.54, 1.807) is 48.5 Å². The second-order valence-corrected chi connectivity index (χ2v) is 11.3. The fourth-order valence-corrected chi connectivity index (χ4v) is 4.64. The Morgan fingerprint density at radius 1 is 0.939 bits per heavy atom. The molecule has 1 aromatic carbocycles. The van der Waals surface area contributed by atoms with Crippen LogP contribution in [0.3, 0.4) is 0 Å². The average Bonchev–Trinajstić information content (AvgIpc) is 2.67. The van der Waals surface area contributed by atoms with Crippen LogP contribution in [0.4, 0.5) is 0 Å². The Morgan fingerprint density at radius 2 is 1.42 bits per heavy atom. The van der Waals surface area contributed by atoms with Gasteiger partial charge in [-0.05, 0) is 66.7 Å². The normalized spacial score (nSPS) is 12.0. The minimum atomic E-state index is -3.78. The summed E-state index contributed by atoms with van der Waals surface area (Å²) in [5, 5.41) is 9.51. The van der Waals surface area contributed by atoms with Gasteiger partial charge in [-0.1, -0.05) is 0 Å². The first-order chi connectivity index (χ1) is 15.3. The molecule has 0 amide bonds. The lowest BCUT2D eigenvalue weighted by Gasteiger charge is -2.21. The van der Waals surface area contributed by atoms with Gasteiger partial charge in [0.1, 0.15) is 11.4 Å². The van der Waals surface area contributed by atoms with Crippen LogP contribution in [0.25, 0.3) is 0 Å². The Morgan fingerprint density at radius 3 is 1.82 bits per heavy atom. The number of aliphatic hydroxyl groups is 1. The van der Waals surface area contributed by atoms with Gasteiger partial charge in [0.15, 0.2) is 0 Å². The quantitative estimate of drug-likeness (QED) is 0.249. The van der Waals surface area contributed by atoms with Gasteiger partial charge in [0.25, 0.3) is 0 Å². The molecule has 1 rings (SSSR count). The molecule has 192 valence electrons. The Hall–Kier alpha value is -0.960. The molecule has 0 spiro atoms. The molecule has 0 aliphatic carbocycles. The van der Waals surface area contributed by atoms with Crippen molar-refractivity contribution in [2.75, 3.05) is 26.4 Å². The van der Waals surface area contributed by atoms with E-state index in [0.29, 0.717) is 13.2 Å². The Labute approximate surface area is 200 Å². The van der Waals surface area contributed by atoms with E-state index < -0.39 is 32.9 Å². The highest BCUT2D eigenvalue weighted by Gasteiger charge is 2.29. The first kappa shape index (κ1) is 32.0. The van der Waals surface area contributed by atoms with Gasteiger partial charge >= 0.3 is 20.7 Å². The van der Waals surface area contributed by atoms with E-state index in [-0.39, 0.29) is 30.1 Å². The molecule has 0 heterocycles. The molecule has 1 aromatic rings. The zero-order chi connectivity index (χ0) is 25.7. The van der Waals surface area contributed by atoms with Gasteiger partial charge in [-0.25, -0.2) is 13.9 Å². The lowest BCUT2D eigenvalue weighted by Crippen LogP contribution is -2.24. The largest absolute Gasteiger partial charge is 0.530 e. The summed E-state index contributed by atoms with van der Waals surface area (Å²) in [6.07, 6.45) is 0. The van der Waals surface area contributed by atoms with Crippen LogP contribution in [0, 0.1) is 0 Å². The molecule has 10 nitrogen and oxygen atoms in total. The second-order valence-electron chi connectivity index (χ2n) is 7.12. The maximum absolute atomic E-state index is 12.4. The highest BCUT2D eigenvalue weighted by Crippen LogP contribution is 2.53. The molecule has 0 atom stereocenters. The van der Waals surface area contributed by atoms with Crippen LogP contribution in [-0.4, -0.2) is 43.1 Å². The summed E-state index contributed by atoms with van der Waals surface area (Å²) >= 11 is 5.25. The third kappa shape index (κ3) is 13.5. The van der Waals surface area contributed by atoms with Crippen molar-refractivity contribution in [2.45, 2.75) is 60.7 Å². The van der Waals surface area contributed by atoms with Crippen molar-refractivity contribution in [3.05, 3.63) is 29.3 Å². The van der Waals surface area contributed by atoms with Gasteiger partial charge in [0.2, 0.25) is 0 Å². The monoisotopic (exact) mass is 532 g/mol. The van der Waals surface area contributed by atoms with Gasteiger partial charge in [-0.15, -0.1) is 0 Å². The highest BCUT2D eigenvalue weighted by atomic mass is 35.7. The van der Waals surface area contributed by atoms with Crippen LogP contribution in [0.2, 0.25) is 0 Å². The SMILES string of the molecule is CCOP(=O)(Cl)OCC.CCOP(=O)(OCC)Oc1ccc(C(=O)OC(C)(C)C)cc1CO. The molecule has 0 radical (unpaired) electrons. The molecule has 0 saturated carbocycles. The van der Waals surface area contributed by atoms with Crippen molar-refractivity contribution < 1.29 is 46.4 Å². The number of hydrogen-bond acceptors (Lipinski definition) is 10. The van der Waals surface area contributed by atoms with E-state index in [9.17, 15) is 19.0 Å². The van der Waals surface area contributed by atoms with E-state index in [1.807, 2.05) is 0 Å². The zero-order valence-electron chi connectivity index (χ0n) is 20.2. The lowest BCUT2D eigenvalue weighted by molar-refractivity contribution is 0.00692. The van der Waals surface area contributed by atoms with Crippen LogP contribution in [-0.2, 0) is 38.6 Å². The van der Waals surface area contributed by atoms with E-state index in [2.05, 4.69) is 9.05 Å². The molecular weight excluding hydrogens is 498 g/mol. The van der Waals surface area contributed by atoms with Crippen molar-refractivity contribution in [3.63, 3.8) is 0 Å². The zero-order valence-corrected chi connectivity index (χ0v) is 22.7. The summed E-state index contributed by atoms with van der Waals surface area (Å²) in [6.45, 7) is 9.27. The fraction of sp³-hybridized carbons (Fsp3) is 0.650. The summed E-state index contributed by atoms with van der Waals surface area (Å²) in [4.78, 5) is 12.1. The van der Waals surface area contributed by atoms with E-state index in [0.717, 1.165) is 0 Å². The van der Waals surface area contributed by atoms with Crippen LogP contribution >= 0.6 is 26.0 Å². The van der Waals surface area contributed by atoms with Gasteiger partial charge in [0, 0.05) is 16.8 Å². The summed E-state index contributed by atoms with van der Waals surface area (Å²) in [5.74, 6) is -0.406. The number of phosphoric ester groups is 1. The van der Waals surface area contributed by atoms with E-state index in [4.69, 9.17) is 29.5 Å². The highest BCUT2D eigenvalue weighted by molar-refractivity contribution is 7.81. The molecule has 0 saturated heterocycles. The number of phosphoric acid groups is 1. The van der Waals surface area contributed by atoms with Crippen LogP contribution < -0.4 is 4.52 Å². The first-order valence-corrected chi connectivity index (χ1v) is 14.3. The number of rotatable bonds is 12. The molecule has 0 unspecified atom stereocenters. The number of benzene rings is 1. The minimum Gasteiger partial charge on any atom is -0.456 e. The summed E-state index contributed by atoms with van der Waals surface area (Å²) in [6, 6.07) is 4.31. The number of aliphatic hydroxyl groups excluding tert-OH is 1. The fourth-order valence-electron chi connectivity index (χ4n) is 2.13. The molecule has 33 heavy (non-hydrogen) atoms. The van der Waals surface area contributed by atoms with Gasteiger partial charge in [-0.2, -0.15) is 0 Å². The summed E-state index contributed by atoms with van der Waals surface area (Å²) < 4.78 is 53.0.